The first kappa shape index (κ1) is 11.7. The smallest absolute Gasteiger partial charge is 0.00420 e. The molecule has 1 aliphatic rings. The molecule has 3 atom stereocenters. The van der Waals surface area contributed by atoms with Crippen molar-refractivity contribution < 1.29 is 0 Å². The molecule has 0 aromatic heterocycles. The highest BCUT2D eigenvalue weighted by atomic mass is 14.9. The van der Waals surface area contributed by atoms with Crippen molar-refractivity contribution in [1.82, 2.24) is 5.32 Å². The van der Waals surface area contributed by atoms with Crippen LogP contribution < -0.4 is 5.32 Å². The lowest BCUT2D eigenvalue weighted by Crippen LogP contribution is -2.28. The molecule has 1 heteroatoms. The van der Waals surface area contributed by atoms with Gasteiger partial charge in [0.05, 0.1) is 0 Å². The van der Waals surface area contributed by atoms with Crippen LogP contribution in [0.25, 0.3) is 0 Å². The summed E-state index contributed by atoms with van der Waals surface area (Å²) < 4.78 is 0. The summed E-state index contributed by atoms with van der Waals surface area (Å²) in [6, 6.07) is 11.4. The largest absolute Gasteiger partial charge is 0.314 e. The van der Waals surface area contributed by atoms with Gasteiger partial charge in [-0.15, -0.1) is 0 Å². The van der Waals surface area contributed by atoms with Crippen molar-refractivity contribution in [3.8, 4) is 0 Å². The molecule has 0 radical (unpaired) electrons. The van der Waals surface area contributed by atoms with E-state index < -0.39 is 0 Å². The van der Waals surface area contributed by atoms with Crippen molar-refractivity contribution >= 4 is 0 Å². The quantitative estimate of drug-likeness (QED) is 0.771. The lowest BCUT2D eigenvalue weighted by atomic mass is 10.1. The van der Waals surface area contributed by atoms with Gasteiger partial charge in [0.15, 0.2) is 0 Å². The van der Waals surface area contributed by atoms with Crippen LogP contribution in [-0.4, -0.2) is 12.6 Å². The lowest BCUT2D eigenvalue weighted by molar-refractivity contribution is 0.491. The van der Waals surface area contributed by atoms with Gasteiger partial charge in [-0.25, -0.2) is 0 Å². The number of hydrogen-bond donors (Lipinski definition) is 1. The maximum atomic E-state index is 3.65. The highest BCUT2D eigenvalue weighted by Gasteiger charge is 2.31. The van der Waals surface area contributed by atoms with Gasteiger partial charge in [-0.2, -0.15) is 0 Å². The molecule has 3 unspecified atom stereocenters. The van der Waals surface area contributed by atoms with Gasteiger partial charge >= 0.3 is 0 Å². The van der Waals surface area contributed by atoms with Crippen molar-refractivity contribution in [3.63, 3.8) is 0 Å². The zero-order chi connectivity index (χ0) is 11.4. The Morgan fingerprint density at radius 1 is 1.31 bits per heavy atom. The van der Waals surface area contributed by atoms with E-state index in [-0.39, 0.29) is 0 Å². The van der Waals surface area contributed by atoms with Crippen molar-refractivity contribution in [2.75, 3.05) is 6.54 Å². The lowest BCUT2D eigenvalue weighted by Gasteiger charge is -2.13. The maximum absolute atomic E-state index is 3.65. The molecule has 1 aliphatic carbocycles. The summed E-state index contributed by atoms with van der Waals surface area (Å²) in [6.45, 7) is 5.87. The van der Waals surface area contributed by atoms with Crippen LogP contribution in [-0.2, 0) is 6.42 Å². The van der Waals surface area contributed by atoms with Gasteiger partial charge in [-0.05, 0) is 50.1 Å². The van der Waals surface area contributed by atoms with Crippen molar-refractivity contribution in [1.29, 1.82) is 0 Å². The molecule has 1 aromatic carbocycles. The first-order valence-electron chi connectivity index (χ1n) is 6.53. The highest BCUT2D eigenvalue weighted by Crippen LogP contribution is 2.36. The maximum Gasteiger partial charge on any atom is 0.00420 e. The fourth-order valence-corrected chi connectivity index (χ4v) is 2.17. The topological polar surface area (TPSA) is 12.0 Å². The van der Waals surface area contributed by atoms with Crippen molar-refractivity contribution in [2.24, 2.45) is 11.8 Å². The molecule has 0 saturated heterocycles. The molecule has 0 bridgehead atoms. The van der Waals surface area contributed by atoms with Gasteiger partial charge in [0.1, 0.15) is 0 Å². The second-order valence-electron chi connectivity index (χ2n) is 5.31. The van der Waals surface area contributed by atoms with E-state index in [1.54, 1.807) is 0 Å². The zero-order valence-electron chi connectivity index (χ0n) is 10.4. The van der Waals surface area contributed by atoms with E-state index in [4.69, 9.17) is 0 Å². The van der Waals surface area contributed by atoms with Crippen LogP contribution in [0.5, 0.6) is 0 Å². The average molecular weight is 217 g/mol. The summed E-state index contributed by atoms with van der Waals surface area (Å²) in [5.41, 5.74) is 1.45. The van der Waals surface area contributed by atoms with E-state index in [1.165, 1.54) is 31.4 Å². The van der Waals surface area contributed by atoms with Crippen LogP contribution in [0.1, 0.15) is 32.3 Å². The summed E-state index contributed by atoms with van der Waals surface area (Å²) >= 11 is 0. The zero-order valence-corrected chi connectivity index (χ0v) is 10.4. The monoisotopic (exact) mass is 217 g/mol. The highest BCUT2D eigenvalue weighted by molar-refractivity contribution is 5.14. The molecular weight excluding hydrogens is 194 g/mol. The Kier molecular flexibility index (Phi) is 4.00. The fraction of sp³-hybridized carbons (Fsp3) is 0.600. The minimum Gasteiger partial charge on any atom is -0.314 e. The fourth-order valence-electron chi connectivity index (χ4n) is 2.17. The molecule has 0 aliphatic heterocycles. The molecule has 1 aromatic rings. The second-order valence-corrected chi connectivity index (χ2v) is 5.31. The Morgan fingerprint density at radius 3 is 2.62 bits per heavy atom. The number of benzene rings is 1. The van der Waals surface area contributed by atoms with Crippen LogP contribution in [0, 0.1) is 11.8 Å². The number of aryl methyl sites for hydroxylation is 1. The van der Waals surface area contributed by atoms with E-state index in [0.29, 0.717) is 6.04 Å². The summed E-state index contributed by atoms with van der Waals surface area (Å²) in [5.74, 6) is 1.92. The van der Waals surface area contributed by atoms with E-state index in [9.17, 15) is 0 Å². The molecule has 0 heterocycles. The van der Waals surface area contributed by atoms with Crippen molar-refractivity contribution in [2.45, 2.75) is 39.2 Å². The molecule has 0 amide bonds. The molecule has 1 nitrogen and oxygen atoms in total. The van der Waals surface area contributed by atoms with Crippen LogP contribution >= 0.6 is 0 Å². The Labute approximate surface area is 99.3 Å². The predicted octanol–water partition coefficient (Wildman–Crippen LogP) is 3.25. The molecule has 0 spiro atoms. The SMILES string of the molecule is CC(CCc1ccccc1)NCC1CC1C. The van der Waals surface area contributed by atoms with Gasteiger partial charge in [0.25, 0.3) is 0 Å². The Bertz CT molecular complexity index is 306. The first-order chi connectivity index (χ1) is 7.75. The Morgan fingerprint density at radius 2 is 2.00 bits per heavy atom. The molecular formula is C15H23N. The third-order valence-electron chi connectivity index (χ3n) is 3.71. The van der Waals surface area contributed by atoms with E-state index in [2.05, 4.69) is 49.5 Å². The first-order valence-corrected chi connectivity index (χ1v) is 6.53. The molecule has 1 saturated carbocycles. The summed E-state index contributed by atoms with van der Waals surface area (Å²) in [4.78, 5) is 0. The van der Waals surface area contributed by atoms with Crippen molar-refractivity contribution in [3.05, 3.63) is 35.9 Å². The molecule has 2 rings (SSSR count). The summed E-state index contributed by atoms with van der Waals surface area (Å²) in [7, 11) is 0. The molecule has 1 N–H and O–H groups in total. The molecule has 1 fully saturated rings. The van der Waals surface area contributed by atoms with Crippen LogP contribution in [0.3, 0.4) is 0 Å². The number of rotatable bonds is 6. The Hall–Kier alpha value is -0.820. The minimum atomic E-state index is 0.646. The molecule has 88 valence electrons. The Balaban J connectivity index is 1.62. The standard InChI is InChI=1S/C15H23N/c1-12-10-15(12)11-16-13(2)8-9-14-6-4-3-5-7-14/h3-7,12-13,15-16H,8-11H2,1-2H3. The summed E-state index contributed by atoms with van der Waals surface area (Å²) in [6.07, 6.45) is 3.86. The minimum absolute atomic E-state index is 0.646. The van der Waals surface area contributed by atoms with Crippen LogP contribution in [0.2, 0.25) is 0 Å². The van der Waals surface area contributed by atoms with Gasteiger partial charge in [0.2, 0.25) is 0 Å². The van der Waals surface area contributed by atoms with E-state index in [1.807, 2.05) is 0 Å². The molecule has 16 heavy (non-hydrogen) atoms. The third-order valence-corrected chi connectivity index (χ3v) is 3.71. The number of hydrogen-bond acceptors (Lipinski definition) is 1. The van der Waals surface area contributed by atoms with E-state index in [0.717, 1.165) is 11.8 Å². The van der Waals surface area contributed by atoms with Gasteiger partial charge < -0.3 is 5.32 Å². The summed E-state index contributed by atoms with van der Waals surface area (Å²) in [5, 5.41) is 3.65. The normalized spacial score (nSPS) is 25.4. The van der Waals surface area contributed by atoms with Crippen LogP contribution in [0.15, 0.2) is 30.3 Å². The van der Waals surface area contributed by atoms with E-state index >= 15 is 0 Å². The second kappa shape index (κ2) is 5.49. The van der Waals surface area contributed by atoms with Gasteiger partial charge in [0, 0.05) is 6.04 Å². The third kappa shape index (κ3) is 3.64. The van der Waals surface area contributed by atoms with Gasteiger partial charge in [-0.1, -0.05) is 37.3 Å². The van der Waals surface area contributed by atoms with Gasteiger partial charge in [-0.3, -0.25) is 0 Å². The average Bonchev–Trinajstić information content (AvgIpc) is 3.01. The number of nitrogens with one attached hydrogen (secondary N) is 1. The predicted molar refractivity (Wildman–Crippen MR) is 69.5 cm³/mol. The van der Waals surface area contributed by atoms with Crippen LogP contribution in [0.4, 0.5) is 0 Å².